The predicted molar refractivity (Wildman–Crippen MR) is 83.3 cm³/mol. The average Bonchev–Trinajstić information content (AvgIpc) is 2.88. The van der Waals surface area contributed by atoms with Gasteiger partial charge in [-0.15, -0.1) is 0 Å². The number of aromatic nitrogens is 2. The summed E-state index contributed by atoms with van der Waals surface area (Å²) < 4.78 is 0. The summed E-state index contributed by atoms with van der Waals surface area (Å²) in [6.07, 6.45) is 4.06. The number of hydrogen-bond donors (Lipinski definition) is 2. The van der Waals surface area contributed by atoms with Gasteiger partial charge < -0.3 is 5.32 Å². The van der Waals surface area contributed by atoms with Crippen molar-refractivity contribution in [1.82, 2.24) is 15.5 Å². The molecule has 0 aliphatic rings. The Labute approximate surface area is 119 Å². The maximum absolute atomic E-state index is 4.16. The first-order chi connectivity index (χ1) is 9.31. The number of nitrogens with zero attached hydrogens (tertiary/aromatic N) is 1. The van der Waals surface area contributed by atoms with Gasteiger partial charge in [0.25, 0.3) is 0 Å². The summed E-state index contributed by atoms with van der Waals surface area (Å²) in [6, 6.07) is 10.3. The summed E-state index contributed by atoms with van der Waals surface area (Å²) in [5.41, 5.74) is 3.53. The maximum atomic E-state index is 4.16. The summed E-state index contributed by atoms with van der Waals surface area (Å²) in [7, 11) is 0. The number of thioether (sulfide) groups is 1. The Kier molecular flexibility index (Phi) is 5.48. The minimum absolute atomic E-state index is 0.696. The Morgan fingerprint density at radius 2 is 2.11 bits per heavy atom. The quantitative estimate of drug-likeness (QED) is 0.815. The van der Waals surface area contributed by atoms with Crippen LogP contribution in [0.25, 0.3) is 11.3 Å². The summed E-state index contributed by atoms with van der Waals surface area (Å²) >= 11 is 1.90. The van der Waals surface area contributed by atoms with Gasteiger partial charge in [-0.1, -0.05) is 37.3 Å². The second-order valence-corrected chi connectivity index (χ2v) is 5.74. The van der Waals surface area contributed by atoms with E-state index in [1.807, 2.05) is 36.2 Å². The molecule has 0 aliphatic heterocycles. The zero-order valence-electron chi connectivity index (χ0n) is 11.5. The summed E-state index contributed by atoms with van der Waals surface area (Å²) in [6.45, 7) is 4.18. The lowest BCUT2D eigenvalue weighted by Crippen LogP contribution is -2.22. The fourth-order valence-corrected chi connectivity index (χ4v) is 2.78. The zero-order valence-corrected chi connectivity index (χ0v) is 12.3. The van der Waals surface area contributed by atoms with Crippen molar-refractivity contribution in [1.29, 1.82) is 0 Å². The van der Waals surface area contributed by atoms with Crippen molar-refractivity contribution in [2.75, 3.05) is 18.6 Å². The van der Waals surface area contributed by atoms with E-state index in [4.69, 9.17) is 0 Å². The van der Waals surface area contributed by atoms with Crippen LogP contribution in [0.4, 0.5) is 0 Å². The molecule has 0 amide bonds. The Morgan fingerprint density at radius 1 is 1.32 bits per heavy atom. The van der Waals surface area contributed by atoms with Gasteiger partial charge in [0.05, 0.1) is 11.9 Å². The van der Waals surface area contributed by atoms with Gasteiger partial charge in [0.2, 0.25) is 0 Å². The molecule has 1 heterocycles. The van der Waals surface area contributed by atoms with Crippen LogP contribution in [0.1, 0.15) is 12.5 Å². The van der Waals surface area contributed by atoms with Crippen molar-refractivity contribution in [3.05, 3.63) is 42.1 Å². The fraction of sp³-hybridized carbons (Fsp3) is 0.400. The highest BCUT2D eigenvalue weighted by Gasteiger charge is 2.07. The van der Waals surface area contributed by atoms with Crippen LogP contribution in [-0.4, -0.2) is 28.8 Å². The highest BCUT2D eigenvalue weighted by atomic mass is 32.2. The molecule has 0 radical (unpaired) electrons. The molecule has 1 unspecified atom stereocenters. The molecule has 2 N–H and O–H groups in total. The normalized spacial score (nSPS) is 12.5. The second-order valence-electron chi connectivity index (χ2n) is 4.83. The van der Waals surface area contributed by atoms with E-state index in [2.05, 4.69) is 40.8 Å². The third kappa shape index (κ3) is 4.11. The van der Waals surface area contributed by atoms with E-state index in [0.717, 1.165) is 18.8 Å². The first-order valence-corrected chi connectivity index (χ1v) is 7.98. The molecular formula is C15H21N3S. The van der Waals surface area contributed by atoms with Crippen LogP contribution in [-0.2, 0) is 6.54 Å². The SMILES string of the molecule is CSCC(C)CNCc1cn[nH]c1-c1ccccc1. The molecule has 0 fully saturated rings. The van der Waals surface area contributed by atoms with E-state index in [1.165, 1.54) is 16.9 Å². The van der Waals surface area contributed by atoms with Crippen LogP contribution in [0.5, 0.6) is 0 Å². The highest BCUT2D eigenvalue weighted by molar-refractivity contribution is 7.98. The second kappa shape index (κ2) is 7.36. The summed E-state index contributed by atoms with van der Waals surface area (Å²) in [4.78, 5) is 0. The monoisotopic (exact) mass is 275 g/mol. The van der Waals surface area contributed by atoms with Crippen molar-refractivity contribution < 1.29 is 0 Å². The van der Waals surface area contributed by atoms with Crippen LogP contribution < -0.4 is 5.32 Å². The lowest BCUT2D eigenvalue weighted by Gasteiger charge is -2.11. The van der Waals surface area contributed by atoms with Gasteiger partial charge in [-0.05, 0) is 30.0 Å². The summed E-state index contributed by atoms with van der Waals surface area (Å²) in [5, 5.41) is 10.8. The van der Waals surface area contributed by atoms with Crippen LogP contribution in [0.15, 0.2) is 36.5 Å². The molecule has 102 valence electrons. The molecule has 1 aromatic heterocycles. The standard InChI is InChI=1S/C15H21N3S/c1-12(11-19-2)8-16-9-14-10-17-18-15(14)13-6-4-3-5-7-13/h3-7,10,12,16H,8-9,11H2,1-2H3,(H,17,18). The Morgan fingerprint density at radius 3 is 2.84 bits per heavy atom. The van der Waals surface area contributed by atoms with Gasteiger partial charge in [-0.25, -0.2) is 0 Å². The largest absolute Gasteiger partial charge is 0.312 e. The lowest BCUT2D eigenvalue weighted by molar-refractivity contribution is 0.560. The van der Waals surface area contributed by atoms with Gasteiger partial charge in [-0.3, -0.25) is 5.10 Å². The van der Waals surface area contributed by atoms with Gasteiger partial charge >= 0.3 is 0 Å². The number of benzene rings is 1. The number of hydrogen-bond acceptors (Lipinski definition) is 3. The number of aromatic amines is 1. The molecule has 3 nitrogen and oxygen atoms in total. The molecule has 0 aliphatic carbocycles. The average molecular weight is 275 g/mol. The van der Waals surface area contributed by atoms with Crippen molar-refractivity contribution in [2.45, 2.75) is 13.5 Å². The topological polar surface area (TPSA) is 40.7 Å². The van der Waals surface area contributed by atoms with Crippen LogP contribution in [0, 0.1) is 5.92 Å². The van der Waals surface area contributed by atoms with E-state index >= 15 is 0 Å². The van der Waals surface area contributed by atoms with Crippen molar-refractivity contribution in [2.24, 2.45) is 5.92 Å². The number of H-pyrrole nitrogens is 1. The van der Waals surface area contributed by atoms with Gasteiger partial charge in [0.1, 0.15) is 0 Å². The minimum atomic E-state index is 0.696. The van der Waals surface area contributed by atoms with E-state index < -0.39 is 0 Å². The molecule has 1 atom stereocenters. The van der Waals surface area contributed by atoms with E-state index in [1.54, 1.807) is 0 Å². The van der Waals surface area contributed by atoms with Crippen LogP contribution >= 0.6 is 11.8 Å². The smallest absolute Gasteiger partial charge is 0.0695 e. The molecule has 0 bridgehead atoms. The van der Waals surface area contributed by atoms with Crippen LogP contribution in [0.2, 0.25) is 0 Å². The fourth-order valence-electron chi connectivity index (χ4n) is 2.10. The van der Waals surface area contributed by atoms with E-state index in [-0.39, 0.29) is 0 Å². The third-order valence-corrected chi connectivity index (χ3v) is 3.94. The van der Waals surface area contributed by atoms with E-state index in [9.17, 15) is 0 Å². The highest BCUT2D eigenvalue weighted by Crippen LogP contribution is 2.20. The number of nitrogens with one attached hydrogen (secondary N) is 2. The minimum Gasteiger partial charge on any atom is -0.312 e. The molecule has 2 rings (SSSR count). The van der Waals surface area contributed by atoms with Crippen molar-refractivity contribution in [3.8, 4) is 11.3 Å². The Hall–Kier alpha value is -1.26. The zero-order chi connectivity index (χ0) is 13.5. The summed E-state index contributed by atoms with van der Waals surface area (Å²) in [5.74, 6) is 1.89. The molecule has 2 aromatic rings. The van der Waals surface area contributed by atoms with Crippen molar-refractivity contribution >= 4 is 11.8 Å². The first kappa shape index (κ1) is 14.2. The Bertz CT molecular complexity index is 481. The molecule has 4 heteroatoms. The molecule has 0 saturated carbocycles. The maximum Gasteiger partial charge on any atom is 0.0695 e. The van der Waals surface area contributed by atoms with Gasteiger partial charge in [0, 0.05) is 12.1 Å². The van der Waals surface area contributed by atoms with Gasteiger partial charge in [-0.2, -0.15) is 16.9 Å². The molecular weight excluding hydrogens is 254 g/mol. The predicted octanol–water partition coefficient (Wildman–Crippen LogP) is 3.17. The molecule has 0 saturated heterocycles. The Balaban J connectivity index is 1.94. The van der Waals surface area contributed by atoms with Crippen molar-refractivity contribution in [3.63, 3.8) is 0 Å². The molecule has 19 heavy (non-hydrogen) atoms. The lowest BCUT2D eigenvalue weighted by atomic mass is 10.1. The van der Waals surface area contributed by atoms with Gasteiger partial charge in [0.15, 0.2) is 0 Å². The molecule has 1 aromatic carbocycles. The number of rotatable bonds is 7. The third-order valence-electron chi connectivity index (χ3n) is 3.04. The first-order valence-electron chi connectivity index (χ1n) is 6.58. The van der Waals surface area contributed by atoms with E-state index in [0.29, 0.717) is 5.92 Å². The van der Waals surface area contributed by atoms with Crippen LogP contribution in [0.3, 0.4) is 0 Å². The molecule has 0 spiro atoms.